The molecule has 1 heterocycles. The number of nitrogens with one attached hydrogen (secondary N) is 1. The van der Waals surface area contributed by atoms with Crippen LogP contribution in [0.3, 0.4) is 0 Å². The highest BCUT2D eigenvalue weighted by atomic mass is 32.2. The molecular weight excluding hydrogens is 454 g/mol. The third-order valence-corrected chi connectivity index (χ3v) is 8.01. The Morgan fingerprint density at radius 2 is 1.49 bits per heavy atom. The van der Waals surface area contributed by atoms with Gasteiger partial charge in [-0.05, 0) is 23.1 Å². The molecule has 0 saturated carbocycles. The van der Waals surface area contributed by atoms with Crippen molar-refractivity contribution in [3.63, 3.8) is 0 Å². The molecule has 1 amide bonds. The van der Waals surface area contributed by atoms with E-state index in [2.05, 4.69) is 79.4 Å². The molecule has 0 unspecified atom stereocenters. The Bertz CT molecular complexity index is 1040. The average molecular weight is 486 g/mol. The number of amidine groups is 1. The van der Waals surface area contributed by atoms with Crippen LogP contribution in [0.2, 0.25) is 0 Å². The van der Waals surface area contributed by atoms with E-state index in [1.807, 2.05) is 30.0 Å². The largest absolute Gasteiger partial charge is 0.445 e. The fourth-order valence-electron chi connectivity index (χ4n) is 4.82. The van der Waals surface area contributed by atoms with Crippen molar-refractivity contribution in [2.45, 2.75) is 28.9 Å². The quantitative estimate of drug-likeness (QED) is 0.174. The summed E-state index contributed by atoms with van der Waals surface area (Å²) in [6.07, 6.45) is 2.23. The molecule has 1 saturated heterocycles. The van der Waals surface area contributed by atoms with Crippen molar-refractivity contribution >= 4 is 23.7 Å². The van der Waals surface area contributed by atoms with Gasteiger partial charge in [0.2, 0.25) is 0 Å². The SMILES string of the molecule is C=CCOC(=O)N1C[C@@H](SC(c2ccccc2)(c2ccccc2)c2ccccc2)C[C@H]1CC(=N)N. The zero-order valence-electron chi connectivity index (χ0n) is 19.7. The maximum Gasteiger partial charge on any atom is 0.410 e. The molecule has 1 aliphatic rings. The summed E-state index contributed by atoms with van der Waals surface area (Å²) in [7, 11) is 0. The van der Waals surface area contributed by atoms with Gasteiger partial charge < -0.3 is 15.4 Å². The van der Waals surface area contributed by atoms with E-state index in [4.69, 9.17) is 15.9 Å². The summed E-state index contributed by atoms with van der Waals surface area (Å²) in [5.74, 6) is 0.0719. The molecular formula is C29H31N3O2S. The van der Waals surface area contributed by atoms with Crippen LogP contribution in [0, 0.1) is 5.41 Å². The van der Waals surface area contributed by atoms with Gasteiger partial charge in [-0.2, -0.15) is 0 Å². The molecule has 0 aromatic heterocycles. The predicted octanol–water partition coefficient (Wildman–Crippen LogP) is 5.80. The van der Waals surface area contributed by atoms with Gasteiger partial charge in [-0.3, -0.25) is 5.41 Å². The van der Waals surface area contributed by atoms with Gasteiger partial charge in [-0.15, -0.1) is 11.8 Å². The molecule has 3 aromatic rings. The lowest BCUT2D eigenvalue weighted by molar-refractivity contribution is 0.109. The number of likely N-dealkylation sites (tertiary alicyclic amines) is 1. The topological polar surface area (TPSA) is 79.4 Å². The second kappa shape index (κ2) is 11.3. The standard InChI is InChI=1S/C29H31N3O2S/c1-2-18-34-28(33)32-21-26(19-25(32)20-27(30)31)35-29(22-12-6-3-7-13-22,23-14-8-4-9-15-23)24-16-10-5-11-17-24/h2-17,25-26H,1,18-21H2,(H3,30,31)/t25-,26-/m0/s1. The normalized spacial score (nSPS) is 17.7. The molecule has 2 atom stereocenters. The zero-order chi connectivity index (χ0) is 24.7. The third kappa shape index (κ3) is 5.43. The van der Waals surface area contributed by atoms with Crippen molar-refractivity contribution in [2.75, 3.05) is 13.2 Å². The van der Waals surface area contributed by atoms with E-state index in [-0.39, 0.29) is 29.8 Å². The van der Waals surface area contributed by atoms with Crippen LogP contribution in [-0.2, 0) is 9.48 Å². The Kier molecular flexibility index (Phi) is 7.93. The summed E-state index contributed by atoms with van der Waals surface area (Å²) in [6.45, 7) is 4.31. The van der Waals surface area contributed by atoms with E-state index >= 15 is 0 Å². The van der Waals surface area contributed by atoms with Crippen LogP contribution < -0.4 is 5.73 Å². The van der Waals surface area contributed by atoms with Crippen LogP contribution in [0.15, 0.2) is 104 Å². The van der Waals surface area contributed by atoms with Crippen LogP contribution >= 0.6 is 11.8 Å². The number of thioether (sulfide) groups is 1. The Hall–Kier alpha value is -3.51. The molecule has 35 heavy (non-hydrogen) atoms. The monoisotopic (exact) mass is 485 g/mol. The number of hydrogen-bond acceptors (Lipinski definition) is 4. The van der Waals surface area contributed by atoms with Gasteiger partial charge in [0, 0.05) is 24.3 Å². The van der Waals surface area contributed by atoms with Crippen LogP contribution in [0.5, 0.6) is 0 Å². The highest BCUT2D eigenvalue weighted by molar-refractivity contribution is 8.01. The van der Waals surface area contributed by atoms with Crippen molar-refractivity contribution in [1.82, 2.24) is 4.90 Å². The van der Waals surface area contributed by atoms with E-state index in [9.17, 15) is 4.79 Å². The predicted molar refractivity (Wildman–Crippen MR) is 144 cm³/mol. The van der Waals surface area contributed by atoms with Crippen molar-refractivity contribution in [3.8, 4) is 0 Å². The summed E-state index contributed by atoms with van der Waals surface area (Å²) in [5.41, 5.74) is 9.30. The fourth-order valence-corrected chi connectivity index (χ4v) is 6.69. The first-order valence-electron chi connectivity index (χ1n) is 11.8. The summed E-state index contributed by atoms with van der Waals surface area (Å²) in [6, 6.07) is 31.4. The molecule has 3 N–H and O–H groups in total. The van der Waals surface area contributed by atoms with E-state index < -0.39 is 4.75 Å². The lowest BCUT2D eigenvalue weighted by Gasteiger charge is -2.37. The first kappa shape index (κ1) is 24.6. The minimum absolute atomic E-state index is 0.0719. The molecule has 1 aliphatic heterocycles. The molecule has 5 nitrogen and oxygen atoms in total. The van der Waals surface area contributed by atoms with Gasteiger partial charge >= 0.3 is 6.09 Å². The summed E-state index contributed by atoms with van der Waals surface area (Å²) in [4.78, 5) is 14.6. The number of carbonyl (C=O) groups is 1. The van der Waals surface area contributed by atoms with Gasteiger partial charge in [0.1, 0.15) is 6.61 Å². The molecule has 0 radical (unpaired) electrons. The van der Waals surface area contributed by atoms with Crippen molar-refractivity contribution in [3.05, 3.63) is 120 Å². The van der Waals surface area contributed by atoms with E-state index in [0.29, 0.717) is 13.0 Å². The lowest BCUT2D eigenvalue weighted by atomic mass is 9.84. The fraction of sp³-hybridized carbons (Fsp3) is 0.241. The summed E-state index contributed by atoms with van der Waals surface area (Å²) < 4.78 is 4.89. The first-order chi connectivity index (χ1) is 17.0. The van der Waals surface area contributed by atoms with Crippen molar-refractivity contribution in [1.29, 1.82) is 5.41 Å². The highest BCUT2D eigenvalue weighted by Crippen LogP contribution is 2.52. The Morgan fingerprint density at radius 3 is 1.91 bits per heavy atom. The van der Waals surface area contributed by atoms with Crippen LogP contribution in [0.1, 0.15) is 29.5 Å². The average Bonchev–Trinajstić information content (AvgIpc) is 3.28. The Labute approximate surface area is 211 Å². The van der Waals surface area contributed by atoms with Crippen molar-refractivity contribution < 1.29 is 9.53 Å². The third-order valence-electron chi connectivity index (χ3n) is 6.28. The van der Waals surface area contributed by atoms with Gasteiger partial charge in [0.05, 0.1) is 10.6 Å². The molecule has 6 heteroatoms. The minimum atomic E-state index is -0.476. The molecule has 0 spiro atoms. The number of carbonyl (C=O) groups excluding carboxylic acids is 1. The maximum absolute atomic E-state index is 12.9. The summed E-state index contributed by atoms with van der Waals surface area (Å²) >= 11 is 1.85. The maximum atomic E-state index is 12.9. The van der Waals surface area contributed by atoms with Crippen LogP contribution in [0.4, 0.5) is 4.79 Å². The van der Waals surface area contributed by atoms with Gasteiger partial charge in [-0.25, -0.2) is 4.79 Å². The molecule has 0 aliphatic carbocycles. The number of rotatable bonds is 9. The second-order valence-corrected chi connectivity index (χ2v) is 10.2. The van der Waals surface area contributed by atoms with E-state index in [1.54, 1.807) is 11.0 Å². The molecule has 3 aromatic carbocycles. The van der Waals surface area contributed by atoms with Crippen LogP contribution in [0.25, 0.3) is 0 Å². The lowest BCUT2D eigenvalue weighted by Crippen LogP contribution is -2.38. The van der Waals surface area contributed by atoms with Gasteiger partial charge in [0.15, 0.2) is 0 Å². The number of hydrogen-bond donors (Lipinski definition) is 2. The van der Waals surface area contributed by atoms with E-state index in [0.717, 1.165) is 6.42 Å². The minimum Gasteiger partial charge on any atom is -0.445 e. The highest BCUT2D eigenvalue weighted by Gasteiger charge is 2.44. The first-order valence-corrected chi connectivity index (χ1v) is 12.6. The van der Waals surface area contributed by atoms with Gasteiger partial charge in [0.25, 0.3) is 0 Å². The molecule has 1 fully saturated rings. The molecule has 4 rings (SSSR count). The summed E-state index contributed by atoms with van der Waals surface area (Å²) in [5, 5.41) is 7.96. The zero-order valence-corrected chi connectivity index (χ0v) is 20.5. The Balaban J connectivity index is 1.77. The second-order valence-electron chi connectivity index (χ2n) is 8.66. The smallest absolute Gasteiger partial charge is 0.410 e. The molecule has 180 valence electrons. The number of nitrogens with two attached hydrogens (primary N) is 1. The van der Waals surface area contributed by atoms with Crippen molar-refractivity contribution in [2.24, 2.45) is 5.73 Å². The van der Waals surface area contributed by atoms with Gasteiger partial charge in [-0.1, -0.05) is 104 Å². The van der Waals surface area contributed by atoms with Crippen LogP contribution in [-0.4, -0.2) is 41.3 Å². The number of amides is 1. The number of benzene rings is 3. The number of nitrogens with zero attached hydrogens (tertiary/aromatic N) is 1. The van der Waals surface area contributed by atoms with E-state index in [1.165, 1.54) is 16.7 Å². The number of ether oxygens (including phenoxy) is 1. The Morgan fingerprint density at radius 1 is 1.00 bits per heavy atom. The molecule has 0 bridgehead atoms.